The number of alkyl halides is 2. The molecule has 0 aliphatic heterocycles. The van der Waals surface area contributed by atoms with E-state index in [2.05, 4.69) is 0 Å². The summed E-state index contributed by atoms with van der Waals surface area (Å²) < 4.78 is 44.5. The Morgan fingerprint density at radius 1 is 0.923 bits per heavy atom. The molecule has 0 amide bonds. The van der Waals surface area contributed by atoms with Gasteiger partial charge in [-0.3, -0.25) is 0 Å². The van der Waals surface area contributed by atoms with Gasteiger partial charge >= 0.3 is 12.1 Å². The number of nitrogens with two attached hydrogens (primary N) is 2. The first kappa shape index (κ1) is 29.0. The third kappa shape index (κ3) is 9.67. The number of hydrogen-bond donors (Lipinski definition) is 2. The lowest BCUT2D eigenvalue weighted by atomic mass is 10.0. The largest absolute Gasteiger partial charge is 0.493 e. The van der Waals surface area contributed by atoms with Crippen molar-refractivity contribution < 1.29 is 27.8 Å². The molecular formula is C30H31F2N3O4. The molecule has 7 nitrogen and oxygen atoms in total. The van der Waals surface area contributed by atoms with Crippen LogP contribution in [-0.4, -0.2) is 19.2 Å². The first-order chi connectivity index (χ1) is 18.8. The number of hydrogen-bond acceptors (Lipinski definition) is 7. The topological polar surface area (TPSA) is 121 Å². The van der Waals surface area contributed by atoms with Crippen LogP contribution in [0.3, 0.4) is 0 Å². The van der Waals surface area contributed by atoms with Crippen LogP contribution in [0.1, 0.15) is 42.4 Å². The van der Waals surface area contributed by atoms with Gasteiger partial charge in [-0.05, 0) is 91.4 Å². The van der Waals surface area contributed by atoms with Crippen molar-refractivity contribution in [3.05, 3.63) is 89.5 Å². The van der Waals surface area contributed by atoms with Crippen LogP contribution in [-0.2, 0) is 22.1 Å². The number of benzene rings is 3. The number of halogens is 2. The number of rotatable bonds is 14. The predicted molar refractivity (Wildman–Crippen MR) is 146 cm³/mol. The van der Waals surface area contributed by atoms with Gasteiger partial charge in [0.15, 0.2) is 0 Å². The zero-order chi connectivity index (χ0) is 28.1. The SMILES string of the molecule is N#CCCOc1ccc(C(F)(F)Oc2ccc(/C=C/C(=O)OCCCCCc3ccc(N)cc3N)cc2)cc1. The smallest absolute Gasteiger partial charge is 0.426 e. The number of ether oxygens (including phenoxy) is 3. The van der Waals surface area contributed by atoms with E-state index in [1.54, 1.807) is 24.3 Å². The monoisotopic (exact) mass is 535 g/mol. The maximum Gasteiger partial charge on any atom is 0.426 e. The maximum absolute atomic E-state index is 14.6. The Labute approximate surface area is 226 Å². The first-order valence-corrected chi connectivity index (χ1v) is 12.5. The van der Waals surface area contributed by atoms with Crippen LogP contribution >= 0.6 is 0 Å². The lowest BCUT2D eigenvalue weighted by molar-refractivity contribution is -0.185. The summed E-state index contributed by atoms with van der Waals surface area (Å²) in [5.74, 6) is -0.126. The van der Waals surface area contributed by atoms with Gasteiger partial charge in [-0.1, -0.05) is 18.2 Å². The summed E-state index contributed by atoms with van der Waals surface area (Å²) in [5.41, 5.74) is 14.3. The zero-order valence-electron chi connectivity index (χ0n) is 21.4. The summed E-state index contributed by atoms with van der Waals surface area (Å²) in [4.78, 5) is 12.0. The van der Waals surface area contributed by atoms with E-state index in [0.29, 0.717) is 29.3 Å². The Hall–Kier alpha value is -4.58. The Balaban J connectivity index is 1.38. The highest BCUT2D eigenvalue weighted by Gasteiger charge is 2.34. The Morgan fingerprint density at radius 3 is 2.33 bits per heavy atom. The normalized spacial score (nSPS) is 11.2. The van der Waals surface area contributed by atoms with E-state index in [-0.39, 0.29) is 24.3 Å². The highest BCUT2D eigenvalue weighted by molar-refractivity contribution is 5.87. The standard InChI is InChI=1S/C30H31F2N3O4/c31-30(32,24-10-15-26(16-11-24)37-20-4-18-33)39-27-13-6-22(7-14-27)8-17-29(36)38-19-3-1-2-5-23-9-12-25(34)21-28(23)35/h6-17,21H,1-5,19-20,34-35H2/b17-8+. The summed E-state index contributed by atoms with van der Waals surface area (Å²) in [6, 6.07) is 18.6. The number of carbonyl (C=O) groups excluding carboxylic acids is 1. The van der Waals surface area contributed by atoms with Gasteiger partial charge in [-0.15, -0.1) is 0 Å². The van der Waals surface area contributed by atoms with Crippen LogP contribution in [0, 0.1) is 11.3 Å². The molecule has 4 N–H and O–H groups in total. The van der Waals surface area contributed by atoms with Gasteiger partial charge in [-0.2, -0.15) is 14.0 Å². The van der Waals surface area contributed by atoms with Crippen LogP contribution in [0.5, 0.6) is 11.5 Å². The van der Waals surface area contributed by atoms with E-state index in [4.69, 9.17) is 30.9 Å². The summed E-state index contributed by atoms with van der Waals surface area (Å²) in [7, 11) is 0. The lowest BCUT2D eigenvalue weighted by Gasteiger charge is -2.18. The molecule has 0 aromatic heterocycles. The van der Waals surface area contributed by atoms with Gasteiger partial charge in [-0.25, -0.2) is 4.79 Å². The highest BCUT2D eigenvalue weighted by atomic mass is 19.3. The molecule has 9 heteroatoms. The quantitative estimate of drug-likeness (QED) is 0.108. The Morgan fingerprint density at radius 2 is 1.64 bits per heavy atom. The molecule has 0 aliphatic rings. The van der Waals surface area contributed by atoms with Crippen LogP contribution in [0.15, 0.2) is 72.8 Å². The fourth-order valence-corrected chi connectivity index (χ4v) is 3.63. The first-order valence-electron chi connectivity index (χ1n) is 12.5. The van der Waals surface area contributed by atoms with Crippen LogP contribution in [0.4, 0.5) is 20.2 Å². The van der Waals surface area contributed by atoms with Crippen LogP contribution < -0.4 is 20.9 Å². The van der Waals surface area contributed by atoms with E-state index in [9.17, 15) is 13.6 Å². The second-order valence-corrected chi connectivity index (χ2v) is 8.74. The van der Waals surface area contributed by atoms with Gasteiger partial charge in [0.2, 0.25) is 0 Å². The number of nitrogen functional groups attached to an aromatic ring is 2. The molecular weight excluding hydrogens is 504 g/mol. The molecule has 39 heavy (non-hydrogen) atoms. The molecule has 0 bridgehead atoms. The Bertz CT molecular complexity index is 1290. The van der Waals surface area contributed by atoms with E-state index in [1.165, 1.54) is 42.5 Å². The summed E-state index contributed by atoms with van der Waals surface area (Å²) in [6.45, 7) is 0.485. The molecule has 3 rings (SSSR count). The molecule has 3 aromatic carbocycles. The van der Waals surface area contributed by atoms with Crippen molar-refractivity contribution in [1.29, 1.82) is 5.26 Å². The van der Waals surface area contributed by atoms with Crippen molar-refractivity contribution in [2.45, 2.75) is 38.2 Å². The van der Waals surface area contributed by atoms with Gasteiger partial charge in [0.1, 0.15) is 18.1 Å². The van der Waals surface area contributed by atoms with Gasteiger partial charge in [0, 0.05) is 17.5 Å². The third-order valence-electron chi connectivity index (χ3n) is 5.72. The molecule has 0 spiro atoms. The molecule has 0 radical (unpaired) electrons. The third-order valence-corrected chi connectivity index (χ3v) is 5.72. The van der Waals surface area contributed by atoms with E-state index >= 15 is 0 Å². The van der Waals surface area contributed by atoms with Crippen molar-refractivity contribution >= 4 is 23.4 Å². The average molecular weight is 536 g/mol. The summed E-state index contributed by atoms with van der Waals surface area (Å²) in [6.07, 6.45) is 2.83. The molecule has 0 unspecified atom stereocenters. The van der Waals surface area contributed by atoms with E-state index in [1.807, 2.05) is 18.2 Å². The van der Waals surface area contributed by atoms with Gasteiger partial charge in [0.05, 0.1) is 24.7 Å². The summed E-state index contributed by atoms with van der Waals surface area (Å²) >= 11 is 0. The molecule has 0 heterocycles. The van der Waals surface area contributed by atoms with Crippen LogP contribution in [0.25, 0.3) is 6.08 Å². The van der Waals surface area contributed by atoms with Crippen molar-refractivity contribution in [2.75, 3.05) is 24.7 Å². The molecule has 0 saturated carbocycles. The molecule has 0 aliphatic carbocycles. The number of unbranched alkanes of at least 4 members (excludes halogenated alkanes) is 2. The van der Waals surface area contributed by atoms with Crippen molar-refractivity contribution in [3.8, 4) is 17.6 Å². The van der Waals surface area contributed by atoms with Crippen molar-refractivity contribution in [3.63, 3.8) is 0 Å². The number of aryl methyl sites for hydroxylation is 1. The minimum atomic E-state index is -3.56. The lowest BCUT2D eigenvalue weighted by Crippen LogP contribution is -2.21. The minimum absolute atomic E-state index is 0.0326. The number of carbonyl (C=O) groups is 1. The molecule has 0 saturated heterocycles. The van der Waals surface area contributed by atoms with Crippen molar-refractivity contribution in [1.82, 2.24) is 0 Å². The van der Waals surface area contributed by atoms with Crippen molar-refractivity contribution in [2.24, 2.45) is 0 Å². The predicted octanol–water partition coefficient (Wildman–Crippen LogP) is 6.24. The average Bonchev–Trinajstić information content (AvgIpc) is 2.91. The summed E-state index contributed by atoms with van der Waals surface area (Å²) in [5, 5.41) is 8.53. The number of anilines is 2. The zero-order valence-corrected chi connectivity index (χ0v) is 21.4. The molecule has 0 atom stereocenters. The van der Waals surface area contributed by atoms with Gasteiger partial charge in [0.25, 0.3) is 0 Å². The highest BCUT2D eigenvalue weighted by Crippen LogP contribution is 2.32. The van der Waals surface area contributed by atoms with E-state index in [0.717, 1.165) is 31.2 Å². The molecule has 204 valence electrons. The second kappa shape index (κ2) is 14.4. The van der Waals surface area contributed by atoms with Gasteiger partial charge < -0.3 is 25.7 Å². The number of nitrogens with zero attached hydrogens (tertiary/aromatic N) is 1. The molecule has 3 aromatic rings. The minimum Gasteiger partial charge on any atom is -0.493 e. The van der Waals surface area contributed by atoms with Crippen LogP contribution in [0.2, 0.25) is 0 Å². The Kier molecular flexibility index (Phi) is 10.7. The number of esters is 1. The molecule has 0 fully saturated rings. The second-order valence-electron chi connectivity index (χ2n) is 8.74. The fraction of sp³-hybridized carbons (Fsp3) is 0.267. The fourth-order valence-electron chi connectivity index (χ4n) is 3.63. The number of nitriles is 1. The maximum atomic E-state index is 14.6. The van der Waals surface area contributed by atoms with E-state index < -0.39 is 12.1 Å².